The third-order valence-corrected chi connectivity index (χ3v) is 6.33. The molecule has 0 aliphatic rings. The van der Waals surface area contributed by atoms with Crippen molar-refractivity contribution in [3.05, 3.63) is 59.1 Å². The molecule has 0 fully saturated rings. The molecule has 3 rings (SSSR count). The number of fused-ring (bicyclic) bond motifs is 1. The maximum atomic E-state index is 12.3. The first-order valence-electron chi connectivity index (χ1n) is 13.6. The second kappa shape index (κ2) is 14.6. The van der Waals surface area contributed by atoms with Gasteiger partial charge in [-0.2, -0.15) is 0 Å². The van der Waals surface area contributed by atoms with Crippen LogP contribution in [0, 0.1) is 5.41 Å². The molecule has 0 unspecified atom stereocenters. The molecular formula is C31H41NO5. The van der Waals surface area contributed by atoms with E-state index in [4.69, 9.17) is 13.9 Å². The Morgan fingerprint density at radius 2 is 1.43 bits per heavy atom. The van der Waals surface area contributed by atoms with E-state index in [-0.39, 0.29) is 5.97 Å². The molecule has 2 aromatic heterocycles. The predicted octanol–water partition coefficient (Wildman–Crippen LogP) is 7.72. The number of nitrogens with zero attached hydrogens (tertiary/aromatic N) is 1. The number of esters is 1. The van der Waals surface area contributed by atoms with Gasteiger partial charge in [-0.15, -0.1) is 0 Å². The van der Waals surface area contributed by atoms with Gasteiger partial charge in [0.15, 0.2) is 0 Å². The van der Waals surface area contributed by atoms with Crippen LogP contribution in [-0.2, 0) is 9.53 Å². The van der Waals surface area contributed by atoms with Gasteiger partial charge in [-0.3, -0.25) is 4.79 Å². The third-order valence-electron chi connectivity index (χ3n) is 6.33. The van der Waals surface area contributed by atoms with Crippen LogP contribution in [0.15, 0.2) is 57.9 Å². The van der Waals surface area contributed by atoms with Crippen molar-refractivity contribution in [2.24, 2.45) is 5.41 Å². The second-order valence-electron chi connectivity index (χ2n) is 10.6. The number of ether oxygens (including phenoxy) is 2. The molecule has 0 saturated heterocycles. The first-order chi connectivity index (χ1) is 17.8. The average molecular weight is 508 g/mol. The molecule has 0 radical (unpaired) electrons. The summed E-state index contributed by atoms with van der Waals surface area (Å²) in [6, 6.07) is 13.1. The molecule has 0 bridgehead atoms. The molecule has 6 nitrogen and oxygen atoms in total. The number of unbranched alkanes of at least 4 members (excludes halogenated alkanes) is 9. The minimum absolute atomic E-state index is 0.110. The molecule has 2 heterocycles. The molecule has 1 aromatic carbocycles. The Labute approximate surface area is 220 Å². The minimum Gasteiger partial charge on any atom is -0.494 e. The normalized spacial score (nSPS) is 11.5. The number of hydrogen-bond donors (Lipinski definition) is 0. The van der Waals surface area contributed by atoms with Gasteiger partial charge < -0.3 is 13.9 Å². The van der Waals surface area contributed by atoms with Gasteiger partial charge in [-0.05, 0) is 69.5 Å². The van der Waals surface area contributed by atoms with E-state index < -0.39 is 11.0 Å². The largest absolute Gasteiger partial charge is 0.494 e. The van der Waals surface area contributed by atoms with Crippen LogP contribution in [0.3, 0.4) is 0 Å². The minimum atomic E-state index is -0.407. The third kappa shape index (κ3) is 9.67. The number of carbonyl (C=O) groups is 1. The summed E-state index contributed by atoms with van der Waals surface area (Å²) < 4.78 is 16.5. The van der Waals surface area contributed by atoms with Gasteiger partial charge in [0.1, 0.15) is 5.75 Å². The fourth-order valence-electron chi connectivity index (χ4n) is 4.08. The zero-order valence-electron chi connectivity index (χ0n) is 22.6. The molecule has 6 heteroatoms. The highest BCUT2D eigenvalue weighted by Crippen LogP contribution is 2.23. The van der Waals surface area contributed by atoms with Crippen molar-refractivity contribution in [1.29, 1.82) is 0 Å². The topological polar surface area (TPSA) is 78.6 Å². The van der Waals surface area contributed by atoms with Crippen molar-refractivity contribution in [3.63, 3.8) is 0 Å². The molecule has 0 spiro atoms. The van der Waals surface area contributed by atoms with E-state index in [2.05, 4.69) is 4.98 Å². The van der Waals surface area contributed by atoms with Gasteiger partial charge in [0.2, 0.25) is 5.71 Å². The van der Waals surface area contributed by atoms with E-state index in [0.29, 0.717) is 24.5 Å². The molecule has 0 atom stereocenters. The monoisotopic (exact) mass is 507 g/mol. The van der Waals surface area contributed by atoms with Crippen molar-refractivity contribution >= 4 is 17.1 Å². The highest BCUT2D eigenvalue weighted by molar-refractivity contribution is 5.78. The van der Waals surface area contributed by atoms with Crippen molar-refractivity contribution in [2.45, 2.75) is 85.0 Å². The number of rotatable bonds is 15. The average Bonchev–Trinajstić information content (AvgIpc) is 2.88. The Hall–Kier alpha value is -3.15. The van der Waals surface area contributed by atoms with E-state index in [1.165, 1.54) is 44.9 Å². The number of hydrogen-bond acceptors (Lipinski definition) is 6. The van der Waals surface area contributed by atoms with Gasteiger partial charge in [0, 0.05) is 11.6 Å². The van der Waals surface area contributed by atoms with E-state index in [0.717, 1.165) is 36.0 Å². The van der Waals surface area contributed by atoms with Crippen LogP contribution in [0.1, 0.15) is 85.0 Å². The summed E-state index contributed by atoms with van der Waals surface area (Å²) in [5.74, 6) is 0.699. The Kier molecular flexibility index (Phi) is 11.2. The van der Waals surface area contributed by atoms with Crippen molar-refractivity contribution in [1.82, 2.24) is 4.98 Å². The first-order valence-corrected chi connectivity index (χ1v) is 13.6. The van der Waals surface area contributed by atoms with Crippen molar-refractivity contribution in [2.75, 3.05) is 13.2 Å². The van der Waals surface area contributed by atoms with Crippen LogP contribution in [0.25, 0.3) is 22.2 Å². The zero-order valence-corrected chi connectivity index (χ0v) is 22.6. The lowest BCUT2D eigenvalue weighted by molar-refractivity contribution is -0.153. The lowest BCUT2D eigenvalue weighted by Gasteiger charge is -2.16. The highest BCUT2D eigenvalue weighted by atomic mass is 16.5. The lowest BCUT2D eigenvalue weighted by atomic mass is 9.97. The van der Waals surface area contributed by atoms with Crippen LogP contribution in [0.4, 0.5) is 0 Å². The predicted molar refractivity (Wildman–Crippen MR) is 148 cm³/mol. The summed E-state index contributed by atoms with van der Waals surface area (Å²) in [7, 11) is 0. The van der Waals surface area contributed by atoms with Crippen LogP contribution in [0.2, 0.25) is 0 Å². The maximum absolute atomic E-state index is 12.3. The van der Waals surface area contributed by atoms with Gasteiger partial charge in [0.05, 0.1) is 24.2 Å². The van der Waals surface area contributed by atoms with Gasteiger partial charge in [-0.1, -0.05) is 63.5 Å². The maximum Gasteiger partial charge on any atom is 0.345 e. The van der Waals surface area contributed by atoms with E-state index in [1.54, 1.807) is 6.20 Å². The van der Waals surface area contributed by atoms with Gasteiger partial charge in [-0.25, -0.2) is 9.78 Å². The van der Waals surface area contributed by atoms with E-state index in [1.807, 2.05) is 63.2 Å². The number of aromatic nitrogens is 1. The fourth-order valence-corrected chi connectivity index (χ4v) is 4.08. The summed E-state index contributed by atoms with van der Waals surface area (Å²) in [5.41, 5.74) is 0.878. The SMILES string of the molecule is CC(C)(C)C(=O)OCCCCCCCCCCCCOc1ccc(-c2cc3cccnc3oc2=O)cc1. The highest BCUT2D eigenvalue weighted by Gasteiger charge is 2.22. The van der Waals surface area contributed by atoms with Crippen LogP contribution < -0.4 is 10.4 Å². The molecule has 0 amide bonds. The quantitative estimate of drug-likeness (QED) is 0.155. The second-order valence-corrected chi connectivity index (χ2v) is 10.6. The van der Waals surface area contributed by atoms with E-state index >= 15 is 0 Å². The molecule has 0 aliphatic heterocycles. The van der Waals surface area contributed by atoms with Crippen molar-refractivity contribution in [3.8, 4) is 16.9 Å². The zero-order chi connectivity index (χ0) is 26.5. The first kappa shape index (κ1) is 28.4. The lowest BCUT2D eigenvalue weighted by Crippen LogP contribution is -2.23. The standard InChI is InChI=1S/C31H41NO5/c1-31(2,3)30(34)36-22-13-11-9-7-5-4-6-8-10-12-21-35-26-18-16-24(17-19-26)27-23-25-15-14-20-32-28(25)37-29(27)33/h14-20,23H,4-13,21-22H2,1-3H3. The smallest absolute Gasteiger partial charge is 0.345 e. The molecule has 0 aliphatic carbocycles. The fraction of sp³-hybridized carbons (Fsp3) is 0.516. The van der Waals surface area contributed by atoms with E-state index in [9.17, 15) is 9.59 Å². The number of benzene rings is 1. The van der Waals surface area contributed by atoms with Crippen LogP contribution in [0.5, 0.6) is 5.75 Å². The summed E-state index contributed by atoms with van der Waals surface area (Å²) in [6.07, 6.45) is 13.4. The van der Waals surface area contributed by atoms with Crippen LogP contribution >= 0.6 is 0 Å². The van der Waals surface area contributed by atoms with Gasteiger partial charge in [0.25, 0.3) is 0 Å². The van der Waals surface area contributed by atoms with Crippen molar-refractivity contribution < 1.29 is 18.7 Å². The summed E-state index contributed by atoms with van der Waals surface area (Å²) in [6.45, 7) is 6.90. The molecule has 3 aromatic rings. The summed E-state index contributed by atoms with van der Waals surface area (Å²) in [5, 5.41) is 0.799. The molecule has 0 N–H and O–H groups in total. The Morgan fingerprint density at radius 3 is 2.05 bits per heavy atom. The molecular weight excluding hydrogens is 466 g/mol. The molecule has 37 heavy (non-hydrogen) atoms. The number of carbonyl (C=O) groups excluding carboxylic acids is 1. The Bertz CT molecular complexity index is 1160. The summed E-state index contributed by atoms with van der Waals surface area (Å²) >= 11 is 0. The van der Waals surface area contributed by atoms with Crippen LogP contribution in [-0.4, -0.2) is 24.2 Å². The summed E-state index contributed by atoms with van der Waals surface area (Å²) in [4.78, 5) is 28.1. The molecule has 200 valence electrons. The molecule has 0 saturated carbocycles. The Balaban J connectivity index is 1.21. The number of pyridine rings is 1. The Morgan fingerprint density at radius 1 is 0.838 bits per heavy atom. The van der Waals surface area contributed by atoms with Gasteiger partial charge >= 0.3 is 11.6 Å².